The molecule has 1 heterocycles. The molecule has 1 rings (SSSR count). The summed E-state index contributed by atoms with van der Waals surface area (Å²) < 4.78 is 0. The molecule has 0 aliphatic carbocycles. The molecule has 0 aromatic heterocycles. The van der Waals surface area contributed by atoms with Crippen LogP contribution >= 0.6 is 12.4 Å². The van der Waals surface area contributed by atoms with Gasteiger partial charge in [-0.05, 0) is 32.9 Å². The molecular weight excluding hydrogens is 158 g/mol. The summed E-state index contributed by atoms with van der Waals surface area (Å²) in [4.78, 5) is 2.52. The summed E-state index contributed by atoms with van der Waals surface area (Å²) in [7, 11) is 2.26. The molecule has 0 N–H and O–H groups in total. The average molecular weight is 178 g/mol. The highest BCUT2D eigenvalue weighted by atomic mass is 35.5. The molecule has 1 aliphatic heterocycles. The molecule has 0 bridgehead atoms. The van der Waals surface area contributed by atoms with Crippen molar-refractivity contribution in [2.24, 2.45) is 0 Å². The molecule has 0 spiro atoms. The summed E-state index contributed by atoms with van der Waals surface area (Å²) >= 11 is 0. The second kappa shape index (κ2) is 5.84. The fourth-order valence-corrected chi connectivity index (χ4v) is 1.84. The Morgan fingerprint density at radius 1 is 1.36 bits per heavy atom. The standard InChI is InChI=1S/C9H19N.ClH/c1-3-6-9-7-4-5-8-10(9)2;/h9H,3-8H2,1-2H3;1H. The number of rotatable bonds is 2. The zero-order chi connectivity index (χ0) is 7.40. The lowest BCUT2D eigenvalue weighted by Gasteiger charge is -2.32. The third-order valence-corrected chi connectivity index (χ3v) is 2.54. The van der Waals surface area contributed by atoms with Gasteiger partial charge in [0.1, 0.15) is 0 Å². The quantitative estimate of drug-likeness (QED) is 0.627. The van der Waals surface area contributed by atoms with E-state index in [9.17, 15) is 0 Å². The van der Waals surface area contributed by atoms with Crippen molar-refractivity contribution in [3.8, 4) is 0 Å². The monoisotopic (exact) mass is 177 g/mol. The summed E-state index contributed by atoms with van der Waals surface area (Å²) in [6, 6.07) is 0.902. The molecule has 0 saturated carbocycles. The van der Waals surface area contributed by atoms with Gasteiger partial charge in [0.15, 0.2) is 0 Å². The molecule has 0 aromatic carbocycles. The molecule has 1 unspecified atom stereocenters. The second-order valence-electron chi connectivity index (χ2n) is 3.42. The zero-order valence-corrected chi connectivity index (χ0v) is 8.49. The number of hydrogen-bond donors (Lipinski definition) is 0. The van der Waals surface area contributed by atoms with Crippen molar-refractivity contribution in [3.63, 3.8) is 0 Å². The van der Waals surface area contributed by atoms with Gasteiger partial charge in [-0.25, -0.2) is 0 Å². The summed E-state index contributed by atoms with van der Waals surface area (Å²) in [5.41, 5.74) is 0. The Morgan fingerprint density at radius 2 is 2.09 bits per heavy atom. The topological polar surface area (TPSA) is 3.24 Å². The predicted octanol–water partition coefficient (Wildman–Crippen LogP) is 2.69. The smallest absolute Gasteiger partial charge is 0.00921 e. The predicted molar refractivity (Wildman–Crippen MR) is 52.4 cm³/mol. The molecule has 0 radical (unpaired) electrons. The highest BCUT2D eigenvalue weighted by Crippen LogP contribution is 2.18. The lowest BCUT2D eigenvalue weighted by molar-refractivity contribution is 0.175. The summed E-state index contributed by atoms with van der Waals surface area (Å²) in [5.74, 6) is 0. The van der Waals surface area contributed by atoms with Crippen molar-refractivity contribution < 1.29 is 0 Å². The van der Waals surface area contributed by atoms with Crippen LogP contribution in [0.3, 0.4) is 0 Å². The van der Waals surface area contributed by atoms with Crippen molar-refractivity contribution in [1.29, 1.82) is 0 Å². The van der Waals surface area contributed by atoms with Crippen LogP contribution < -0.4 is 0 Å². The van der Waals surface area contributed by atoms with Gasteiger partial charge in [0.05, 0.1) is 0 Å². The first-order valence-corrected chi connectivity index (χ1v) is 4.55. The fourth-order valence-electron chi connectivity index (χ4n) is 1.84. The van der Waals surface area contributed by atoms with Gasteiger partial charge >= 0.3 is 0 Å². The molecule has 1 atom stereocenters. The van der Waals surface area contributed by atoms with Crippen LogP contribution in [0.2, 0.25) is 0 Å². The third kappa shape index (κ3) is 3.44. The van der Waals surface area contributed by atoms with E-state index < -0.39 is 0 Å². The maximum Gasteiger partial charge on any atom is 0.00921 e. The van der Waals surface area contributed by atoms with Gasteiger partial charge in [-0.3, -0.25) is 0 Å². The van der Waals surface area contributed by atoms with Crippen LogP contribution in [-0.2, 0) is 0 Å². The maximum absolute atomic E-state index is 2.52. The van der Waals surface area contributed by atoms with Gasteiger partial charge in [-0.2, -0.15) is 0 Å². The Hall–Kier alpha value is 0.250. The van der Waals surface area contributed by atoms with E-state index in [0.717, 1.165) is 6.04 Å². The van der Waals surface area contributed by atoms with Gasteiger partial charge in [0, 0.05) is 6.04 Å². The van der Waals surface area contributed by atoms with E-state index >= 15 is 0 Å². The molecule has 1 saturated heterocycles. The lowest BCUT2D eigenvalue weighted by atomic mass is 9.99. The van der Waals surface area contributed by atoms with Crippen LogP contribution in [-0.4, -0.2) is 24.5 Å². The minimum absolute atomic E-state index is 0. The summed E-state index contributed by atoms with van der Waals surface area (Å²) in [5, 5.41) is 0. The van der Waals surface area contributed by atoms with Gasteiger partial charge in [0.25, 0.3) is 0 Å². The van der Waals surface area contributed by atoms with Gasteiger partial charge in [0.2, 0.25) is 0 Å². The van der Waals surface area contributed by atoms with Gasteiger partial charge in [-0.1, -0.05) is 19.8 Å². The van der Waals surface area contributed by atoms with E-state index in [1.807, 2.05) is 0 Å². The molecule has 1 aliphatic rings. The lowest BCUT2D eigenvalue weighted by Crippen LogP contribution is -2.35. The van der Waals surface area contributed by atoms with E-state index in [2.05, 4.69) is 18.9 Å². The van der Waals surface area contributed by atoms with E-state index in [4.69, 9.17) is 0 Å². The van der Waals surface area contributed by atoms with Crippen LogP contribution in [0.25, 0.3) is 0 Å². The number of likely N-dealkylation sites (tertiary alicyclic amines) is 1. The largest absolute Gasteiger partial charge is 0.303 e. The highest BCUT2D eigenvalue weighted by Gasteiger charge is 2.16. The van der Waals surface area contributed by atoms with Crippen molar-refractivity contribution >= 4 is 12.4 Å². The Balaban J connectivity index is 0.000001000. The Bertz CT molecular complexity index is 93.6. The summed E-state index contributed by atoms with van der Waals surface area (Å²) in [6.45, 7) is 3.60. The van der Waals surface area contributed by atoms with Crippen molar-refractivity contribution in [2.45, 2.75) is 45.1 Å². The number of halogens is 1. The normalized spacial score (nSPS) is 26.2. The zero-order valence-electron chi connectivity index (χ0n) is 7.68. The molecule has 0 aromatic rings. The first kappa shape index (κ1) is 11.2. The number of hydrogen-bond acceptors (Lipinski definition) is 1. The second-order valence-corrected chi connectivity index (χ2v) is 3.42. The SMILES string of the molecule is CCCC1CCCCN1C.Cl. The van der Waals surface area contributed by atoms with E-state index in [-0.39, 0.29) is 12.4 Å². The maximum atomic E-state index is 2.52. The van der Waals surface area contributed by atoms with Crippen LogP contribution in [0.1, 0.15) is 39.0 Å². The molecule has 68 valence electrons. The van der Waals surface area contributed by atoms with Crippen LogP contribution in [0, 0.1) is 0 Å². The first-order chi connectivity index (χ1) is 4.84. The van der Waals surface area contributed by atoms with E-state index in [1.165, 1.54) is 38.6 Å². The third-order valence-electron chi connectivity index (χ3n) is 2.54. The minimum Gasteiger partial charge on any atom is -0.303 e. The molecular formula is C9H20ClN. The van der Waals surface area contributed by atoms with Crippen molar-refractivity contribution in [1.82, 2.24) is 4.90 Å². The molecule has 0 amide bonds. The average Bonchev–Trinajstić information content (AvgIpc) is 1.94. The van der Waals surface area contributed by atoms with Gasteiger partial charge < -0.3 is 4.90 Å². The van der Waals surface area contributed by atoms with Crippen molar-refractivity contribution in [2.75, 3.05) is 13.6 Å². The number of nitrogens with zero attached hydrogens (tertiary/aromatic N) is 1. The highest BCUT2D eigenvalue weighted by molar-refractivity contribution is 5.85. The Kier molecular flexibility index (Phi) is 5.98. The first-order valence-electron chi connectivity index (χ1n) is 4.55. The summed E-state index contributed by atoms with van der Waals surface area (Å²) in [6.07, 6.45) is 7.04. The van der Waals surface area contributed by atoms with Crippen LogP contribution in [0.4, 0.5) is 0 Å². The van der Waals surface area contributed by atoms with Gasteiger partial charge in [-0.15, -0.1) is 12.4 Å². The molecule has 2 heteroatoms. The Morgan fingerprint density at radius 3 is 2.64 bits per heavy atom. The van der Waals surface area contributed by atoms with Crippen LogP contribution in [0.5, 0.6) is 0 Å². The van der Waals surface area contributed by atoms with Crippen molar-refractivity contribution in [3.05, 3.63) is 0 Å². The molecule has 1 fully saturated rings. The van der Waals surface area contributed by atoms with E-state index in [1.54, 1.807) is 0 Å². The molecule has 1 nitrogen and oxygen atoms in total. The minimum atomic E-state index is 0. The van der Waals surface area contributed by atoms with E-state index in [0.29, 0.717) is 0 Å². The Labute approximate surface area is 76.6 Å². The molecule has 11 heavy (non-hydrogen) atoms. The number of piperidine rings is 1. The fraction of sp³-hybridized carbons (Fsp3) is 1.00. The van der Waals surface area contributed by atoms with Crippen LogP contribution in [0.15, 0.2) is 0 Å².